The molecule has 0 saturated heterocycles. The monoisotopic (exact) mass is 539 g/mol. The molecule has 0 spiro atoms. The molecule has 0 amide bonds. The molecule has 3 rings (SSSR count). The smallest absolute Gasteiger partial charge is 0.363 e. The third-order valence-electron chi connectivity index (χ3n) is 4.40. The Morgan fingerprint density at radius 1 is 1.20 bits per heavy atom. The summed E-state index contributed by atoms with van der Waals surface area (Å²) in [6.45, 7) is 7.02. The fraction of sp³-hybridized carbons (Fsp3) is 0.304. The highest BCUT2D eigenvalue weighted by molar-refractivity contribution is 14.1. The Labute approximate surface area is 195 Å². The fourth-order valence-electron chi connectivity index (χ4n) is 2.86. The molecule has 0 saturated carbocycles. The molecule has 1 heterocycles. The van der Waals surface area contributed by atoms with E-state index in [-0.39, 0.29) is 5.70 Å². The number of cyclic esters (lactones) is 1. The first-order valence-corrected chi connectivity index (χ1v) is 11.3. The molecule has 158 valence electrons. The zero-order chi connectivity index (χ0) is 21.7. The first-order valence-electron chi connectivity index (χ1n) is 9.81. The number of unbranched alkanes of at least 4 members (excludes halogenated alkanes) is 1. The molecule has 0 radical (unpaired) electrons. The van der Waals surface area contributed by atoms with Gasteiger partial charge in [0.25, 0.3) is 0 Å². The van der Waals surface area contributed by atoms with Crippen molar-refractivity contribution in [2.75, 3.05) is 13.2 Å². The average Bonchev–Trinajstić information content (AvgIpc) is 3.06. The molecule has 2 aromatic rings. The van der Waals surface area contributed by atoms with Crippen LogP contribution < -0.4 is 9.47 Å². The predicted octanol–water partition coefficient (Wildman–Crippen LogP) is 6.18. The Hall–Kier alpha value is -2.06. The van der Waals surface area contributed by atoms with Gasteiger partial charge in [-0.15, -0.1) is 0 Å². The van der Waals surface area contributed by atoms with Gasteiger partial charge in [-0.05, 0) is 90.4 Å². The Kier molecular flexibility index (Phi) is 7.77. The summed E-state index contributed by atoms with van der Waals surface area (Å²) in [5.41, 5.74) is 2.75. The number of ether oxygens (including phenoxy) is 3. The molecule has 7 heteroatoms. The van der Waals surface area contributed by atoms with E-state index >= 15 is 0 Å². The van der Waals surface area contributed by atoms with Gasteiger partial charge in [0, 0.05) is 9.13 Å². The Balaban J connectivity index is 1.92. The average molecular weight is 540 g/mol. The van der Waals surface area contributed by atoms with Crippen LogP contribution in [-0.4, -0.2) is 25.1 Å². The third-order valence-corrected chi connectivity index (χ3v) is 5.90. The van der Waals surface area contributed by atoms with Crippen molar-refractivity contribution in [3.05, 3.63) is 61.3 Å². The summed E-state index contributed by atoms with van der Waals surface area (Å²) in [6.07, 6.45) is 3.59. The number of benzene rings is 2. The van der Waals surface area contributed by atoms with Crippen molar-refractivity contribution in [1.29, 1.82) is 0 Å². The maximum Gasteiger partial charge on any atom is 0.363 e. The zero-order valence-electron chi connectivity index (χ0n) is 17.1. The van der Waals surface area contributed by atoms with Gasteiger partial charge < -0.3 is 14.2 Å². The number of rotatable bonds is 8. The summed E-state index contributed by atoms with van der Waals surface area (Å²) >= 11 is 8.70. The summed E-state index contributed by atoms with van der Waals surface area (Å²) in [7, 11) is 0. The van der Waals surface area contributed by atoms with Crippen LogP contribution in [0.15, 0.2) is 41.0 Å². The van der Waals surface area contributed by atoms with Gasteiger partial charge in [-0.25, -0.2) is 9.79 Å². The minimum Gasteiger partial charge on any atom is -0.490 e. The van der Waals surface area contributed by atoms with E-state index in [1.165, 1.54) is 0 Å². The van der Waals surface area contributed by atoms with Gasteiger partial charge in [0.1, 0.15) is 0 Å². The second-order valence-electron chi connectivity index (χ2n) is 6.77. The van der Waals surface area contributed by atoms with E-state index in [2.05, 4.69) is 34.5 Å². The maximum absolute atomic E-state index is 12.4. The lowest BCUT2D eigenvalue weighted by molar-refractivity contribution is -0.129. The predicted molar refractivity (Wildman–Crippen MR) is 128 cm³/mol. The van der Waals surface area contributed by atoms with Gasteiger partial charge in [-0.3, -0.25) is 0 Å². The van der Waals surface area contributed by atoms with Crippen LogP contribution in [0.3, 0.4) is 0 Å². The Bertz CT molecular complexity index is 1020. The van der Waals surface area contributed by atoms with Gasteiger partial charge in [0.05, 0.1) is 18.2 Å². The lowest BCUT2D eigenvalue weighted by atomic mass is 10.1. The molecule has 0 aromatic heterocycles. The zero-order valence-corrected chi connectivity index (χ0v) is 20.0. The summed E-state index contributed by atoms with van der Waals surface area (Å²) in [5.74, 6) is 0.846. The van der Waals surface area contributed by atoms with Crippen LogP contribution >= 0.6 is 34.2 Å². The number of hydrogen-bond donors (Lipinski definition) is 0. The van der Waals surface area contributed by atoms with Crippen LogP contribution in [0.25, 0.3) is 6.08 Å². The molecule has 30 heavy (non-hydrogen) atoms. The van der Waals surface area contributed by atoms with Gasteiger partial charge in [0.2, 0.25) is 5.90 Å². The molecule has 0 bridgehead atoms. The number of carbonyl (C=O) groups excluding carboxylic acids is 1. The summed E-state index contributed by atoms with van der Waals surface area (Å²) in [4.78, 5) is 16.7. The van der Waals surface area contributed by atoms with Crippen molar-refractivity contribution >= 4 is 52.1 Å². The van der Waals surface area contributed by atoms with Crippen molar-refractivity contribution in [2.45, 2.75) is 33.6 Å². The van der Waals surface area contributed by atoms with E-state index < -0.39 is 5.97 Å². The van der Waals surface area contributed by atoms with E-state index in [1.807, 2.05) is 32.0 Å². The quantitative estimate of drug-likeness (QED) is 0.174. The van der Waals surface area contributed by atoms with Gasteiger partial charge in [-0.1, -0.05) is 24.9 Å². The number of aliphatic imine (C=N–C) groups is 1. The normalized spacial score (nSPS) is 14.6. The number of hydrogen-bond acceptors (Lipinski definition) is 5. The van der Waals surface area contributed by atoms with E-state index in [0.29, 0.717) is 41.2 Å². The van der Waals surface area contributed by atoms with Gasteiger partial charge >= 0.3 is 5.97 Å². The van der Waals surface area contributed by atoms with E-state index in [9.17, 15) is 4.79 Å². The van der Waals surface area contributed by atoms with Crippen molar-refractivity contribution in [1.82, 2.24) is 0 Å². The summed E-state index contributed by atoms with van der Waals surface area (Å²) in [6, 6.07) is 9.32. The van der Waals surface area contributed by atoms with Crippen LogP contribution in [0.4, 0.5) is 0 Å². The highest BCUT2D eigenvalue weighted by Gasteiger charge is 2.25. The van der Waals surface area contributed by atoms with Crippen LogP contribution in [0.2, 0.25) is 5.02 Å². The van der Waals surface area contributed by atoms with Crippen LogP contribution in [0.1, 0.15) is 43.4 Å². The first-order chi connectivity index (χ1) is 14.4. The minimum atomic E-state index is -0.501. The number of carbonyl (C=O) groups is 1. The highest BCUT2D eigenvalue weighted by Crippen LogP contribution is 2.37. The Morgan fingerprint density at radius 2 is 2.00 bits per heavy atom. The molecule has 0 N–H and O–H groups in total. The standard InChI is InChI=1S/C23H23ClINO4/c1-4-6-9-29-21-17(24)11-15(13-20(21)28-5-2)12-19-23(27)30-22(26-19)16-7-8-18(25)14(3)10-16/h7-8,10-13H,4-6,9H2,1-3H3/b19-12-. The molecule has 2 aromatic carbocycles. The molecule has 1 aliphatic heterocycles. The van der Waals surface area contributed by atoms with Gasteiger partial charge in [0.15, 0.2) is 17.2 Å². The second-order valence-corrected chi connectivity index (χ2v) is 8.33. The number of nitrogens with zero attached hydrogens (tertiary/aromatic N) is 1. The number of esters is 1. The maximum atomic E-state index is 12.4. The number of halogens is 2. The molecule has 0 aliphatic carbocycles. The fourth-order valence-corrected chi connectivity index (χ4v) is 3.47. The molecular weight excluding hydrogens is 517 g/mol. The number of aryl methyl sites for hydroxylation is 1. The molecule has 0 fully saturated rings. The first kappa shape index (κ1) is 22.6. The minimum absolute atomic E-state index is 0.208. The molecule has 1 aliphatic rings. The topological polar surface area (TPSA) is 57.1 Å². The largest absolute Gasteiger partial charge is 0.490 e. The summed E-state index contributed by atoms with van der Waals surface area (Å²) < 4.78 is 18.0. The molecule has 0 atom stereocenters. The lowest BCUT2D eigenvalue weighted by Gasteiger charge is -2.14. The van der Waals surface area contributed by atoms with E-state index in [0.717, 1.165) is 27.5 Å². The van der Waals surface area contributed by atoms with E-state index in [1.54, 1.807) is 18.2 Å². The lowest BCUT2D eigenvalue weighted by Crippen LogP contribution is -2.05. The van der Waals surface area contributed by atoms with Crippen molar-refractivity contribution < 1.29 is 19.0 Å². The summed E-state index contributed by atoms with van der Waals surface area (Å²) in [5, 5.41) is 0.424. The SMILES string of the molecule is CCCCOc1c(Cl)cc(/C=C2\N=C(c3ccc(I)c(C)c3)OC2=O)cc1OCC. The Morgan fingerprint density at radius 3 is 2.70 bits per heavy atom. The van der Waals surface area contributed by atoms with Crippen molar-refractivity contribution in [2.24, 2.45) is 4.99 Å². The molecule has 5 nitrogen and oxygen atoms in total. The second kappa shape index (κ2) is 10.3. The van der Waals surface area contributed by atoms with Crippen molar-refractivity contribution in [3.8, 4) is 11.5 Å². The van der Waals surface area contributed by atoms with Crippen LogP contribution in [-0.2, 0) is 9.53 Å². The van der Waals surface area contributed by atoms with E-state index in [4.69, 9.17) is 25.8 Å². The third kappa shape index (κ3) is 5.35. The van der Waals surface area contributed by atoms with Crippen LogP contribution in [0.5, 0.6) is 11.5 Å². The molecular formula is C23H23ClINO4. The molecule has 0 unspecified atom stereocenters. The van der Waals surface area contributed by atoms with Crippen LogP contribution in [0, 0.1) is 10.5 Å². The van der Waals surface area contributed by atoms with Crippen molar-refractivity contribution in [3.63, 3.8) is 0 Å². The van der Waals surface area contributed by atoms with Gasteiger partial charge in [-0.2, -0.15) is 0 Å². The highest BCUT2D eigenvalue weighted by atomic mass is 127.